The van der Waals surface area contributed by atoms with Crippen molar-refractivity contribution in [2.45, 2.75) is 26.5 Å². The average Bonchev–Trinajstić information content (AvgIpc) is 3.11. The first kappa shape index (κ1) is 17.6. The fourth-order valence-electron chi connectivity index (χ4n) is 2.24. The van der Waals surface area contributed by atoms with Gasteiger partial charge in [0.1, 0.15) is 11.6 Å². The van der Waals surface area contributed by atoms with Crippen molar-refractivity contribution in [1.82, 2.24) is 15.5 Å². The van der Waals surface area contributed by atoms with E-state index in [2.05, 4.69) is 15.5 Å². The third kappa shape index (κ3) is 4.44. The van der Waals surface area contributed by atoms with Crippen LogP contribution in [0.25, 0.3) is 11.5 Å². The topological polar surface area (TPSA) is 77.2 Å². The van der Waals surface area contributed by atoms with Gasteiger partial charge in [-0.25, -0.2) is 4.39 Å². The molecule has 1 aromatic heterocycles. The molecule has 0 unspecified atom stereocenters. The number of rotatable bonds is 6. The second-order valence-corrected chi connectivity index (χ2v) is 5.92. The van der Waals surface area contributed by atoms with Crippen LogP contribution in [0.5, 0.6) is 5.75 Å². The lowest BCUT2D eigenvalue weighted by Gasteiger charge is -2.10. The molecule has 6 nitrogen and oxygen atoms in total. The largest absolute Gasteiger partial charge is 0.491 e. The Balaban J connectivity index is 1.59. The van der Waals surface area contributed by atoms with E-state index in [1.54, 1.807) is 0 Å². The molecule has 3 rings (SSSR count). The van der Waals surface area contributed by atoms with Crippen LogP contribution in [0.1, 0.15) is 30.0 Å². The molecule has 0 aliphatic carbocycles. The fraction of sp³-hybridized carbons (Fsp3) is 0.211. The van der Waals surface area contributed by atoms with Crippen LogP contribution < -0.4 is 10.1 Å². The summed E-state index contributed by atoms with van der Waals surface area (Å²) < 4.78 is 23.6. The highest BCUT2D eigenvalue weighted by atomic mass is 19.1. The first-order valence-corrected chi connectivity index (χ1v) is 8.14. The Labute approximate surface area is 150 Å². The summed E-state index contributed by atoms with van der Waals surface area (Å²) in [7, 11) is 0. The lowest BCUT2D eigenvalue weighted by Crippen LogP contribution is -2.23. The molecule has 0 spiro atoms. The van der Waals surface area contributed by atoms with Crippen LogP contribution in [0, 0.1) is 5.82 Å². The van der Waals surface area contributed by atoms with Gasteiger partial charge < -0.3 is 14.6 Å². The fourth-order valence-corrected chi connectivity index (χ4v) is 2.24. The van der Waals surface area contributed by atoms with Crippen LogP contribution in [0.2, 0.25) is 0 Å². The number of nitrogens with one attached hydrogen (secondary N) is 1. The maximum absolute atomic E-state index is 12.9. The average molecular weight is 355 g/mol. The zero-order chi connectivity index (χ0) is 18.5. The van der Waals surface area contributed by atoms with E-state index in [1.165, 1.54) is 24.3 Å². The van der Waals surface area contributed by atoms with E-state index in [0.29, 0.717) is 12.1 Å². The third-order valence-electron chi connectivity index (χ3n) is 3.47. The van der Waals surface area contributed by atoms with Gasteiger partial charge in [0.2, 0.25) is 0 Å². The molecule has 0 atom stereocenters. The Morgan fingerprint density at radius 3 is 2.50 bits per heavy atom. The molecule has 0 saturated heterocycles. The zero-order valence-corrected chi connectivity index (χ0v) is 14.4. The Morgan fingerprint density at radius 2 is 1.85 bits per heavy atom. The summed E-state index contributed by atoms with van der Waals surface area (Å²) in [5.41, 5.74) is 1.45. The predicted molar refractivity (Wildman–Crippen MR) is 93.1 cm³/mol. The van der Waals surface area contributed by atoms with Gasteiger partial charge in [0, 0.05) is 12.1 Å². The van der Waals surface area contributed by atoms with Gasteiger partial charge in [-0.1, -0.05) is 17.3 Å². The van der Waals surface area contributed by atoms with Crippen LogP contribution in [-0.4, -0.2) is 22.2 Å². The molecule has 26 heavy (non-hydrogen) atoms. The third-order valence-corrected chi connectivity index (χ3v) is 3.47. The van der Waals surface area contributed by atoms with Crippen molar-refractivity contribution in [3.63, 3.8) is 0 Å². The quantitative estimate of drug-likeness (QED) is 0.731. The molecular formula is C19H18FN3O3. The van der Waals surface area contributed by atoms with E-state index in [9.17, 15) is 9.18 Å². The monoisotopic (exact) mass is 355 g/mol. The molecule has 0 saturated carbocycles. The zero-order valence-electron chi connectivity index (χ0n) is 14.4. The molecule has 0 radical (unpaired) electrons. The van der Waals surface area contributed by atoms with Gasteiger partial charge in [-0.05, 0) is 55.8 Å². The van der Waals surface area contributed by atoms with Crippen LogP contribution in [-0.2, 0) is 6.54 Å². The summed E-state index contributed by atoms with van der Waals surface area (Å²) in [6, 6.07) is 13.0. The SMILES string of the molecule is CC(C)Oc1ccc(CNC(=O)c2noc(-c3ccc(F)cc3)n2)cc1. The lowest BCUT2D eigenvalue weighted by molar-refractivity contribution is 0.0937. The Morgan fingerprint density at radius 1 is 1.15 bits per heavy atom. The molecule has 3 aromatic rings. The molecule has 1 N–H and O–H groups in total. The minimum Gasteiger partial charge on any atom is -0.491 e. The highest BCUT2D eigenvalue weighted by Gasteiger charge is 2.15. The summed E-state index contributed by atoms with van der Waals surface area (Å²) in [6.45, 7) is 4.24. The number of halogens is 1. The molecule has 7 heteroatoms. The van der Waals surface area contributed by atoms with E-state index in [0.717, 1.165) is 11.3 Å². The van der Waals surface area contributed by atoms with Gasteiger partial charge in [0.25, 0.3) is 17.6 Å². The van der Waals surface area contributed by atoms with Gasteiger partial charge in [-0.2, -0.15) is 4.98 Å². The molecule has 0 aliphatic rings. The van der Waals surface area contributed by atoms with Gasteiger partial charge in [-0.3, -0.25) is 4.79 Å². The maximum atomic E-state index is 12.9. The van der Waals surface area contributed by atoms with E-state index in [1.807, 2.05) is 38.1 Å². The minimum absolute atomic E-state index is 0.0795. The molecule has 1 heterocycles. The van der Waals surface area contributed by atoms with Crippen molar-refractivity contribution in [3.05, 3.63) is 65.7 Å². The van der Waals surface area contributed by atoms with Crippen LogP contribution in [0.15, 0.2) is 53.1 Å². The second kappa shape index (κ2) is 7.77. The molecule has 1 amide bonds. The summed E-state index contributed by atoms with van der Waals surface area (Å²) in [4.78, 5) is 16.2. The first-order chi connectivity index (χ1) is 12.5. The summed E-state index contributed by atoms with van der Waals surface area (Å²) in [5.74, 6) is 0.0345. The highest BCUT2D eigenvalue weighted by Crippen LogP contribution is 2.17. The van der Waals surface area contributed by atoms with Crippen molar-refractivity contribution in [2.75, 3.05) is 0 Å². The van der Waals surface area contributed by atoms with Crippen molar-refractivity contribution < 1.29 is 18.4 Å². The lowest BCUT2D eigenvalue weighted by atomic mass is 10.2. The number of carbonyl (C=O) groups is 1. The summed E-state index contributed by atoms with van der Waals surface area (Å²) in [6.07, 6.45) is 0.106. The number of nitrogens with zero attached hydrogens (tertiary/aromatic N) is 2. The van der Waals surface area contributed by atoms with Crippen molar-refractivity contribution in [1.29, 1.82) is 0 Å². The van der Waals surface area contributed by atoms with Crippen LogP contribution >= 0.6 is 0 Å². The number of hydrogen-bond donors (Lipinski definition) is 1. The summed E-state index contributed by atoms with van der Waals surface area (Å²) >= 11 is 0. The van der Waals surface area contributed by atoms with Gasteiger partial charge >= 0.3 is 0 Å². The molecule has 0 bridgehead atoms. The molecule has 2 aromatic carbocycles. The number of benzene rings is 2. The standard InChI is InChI=1S/C19H18FN3O3/c1-12(2)25-16-9-3-13(4-10-16)11-21-18(24)17-22-19(26-23-17)14-5-7-15(20)8-6-14/h3-10,12H,11H2,1-2H3,(H,21,24). The molecule has 134 valence electrons. The first-order valence-electron chi connectivity index (χ1n) is 8.14. The van der Waals surface area contributed by atoms with Gasteiger partial charge in [-0.15, -0.1) is 0 Å². The van der Waals surface area contributed by atoms with E-state index >= 15 is 0 Å². The van der Waals surface area contributed by atoms with Crippen LogP contribution in [0.3, 0.4) is 0 Å². The van der Waals surface area contributed by atoms with E-state index < -0.39 is 5.91 Å². The molecular weight excluding hydrogens is 337 g/mol. The van der Waals surface area contributed by atoms with Crippen molar-refractivity contribution in [2.24, 2.45) is 0 Å². The second-order valence-electron chi connectivity index (χ2n) is 5.92. The normalized spacial score (nSPS) is 10.8. The number of aromatic nitrogens is 2. The van der Waals surface area contributed by atoms with E-state index in [-0.39, 0.29) is 23.6 Å². The number of ether oxygens (including phenoxy) is 1. The van der Waals surface area contributed by atoms with Gasteiger partial charge in [0.15, 0.2) is 0 Å². The number of carbonyl (C=O) groups excluding carboxylic acids is 1. The molecule has 0 fully saturated rings. The van der Waals surface area contributed by atoms with Crippen molar-refractivity contribution >= 4 is 5.91 Å². The minimum atomic E-state index is -0.454. The predicted octanol–water partition coefficient (Wildman–Crippen LogP) is 3.59. The van der Waals surface area contributed by atoms with Crippen molar-refractivity contribution in [3.8, 4) is 17.2 Å². The molecule has 0 aliphatic heterocycles. The maximum Gasteiger partial charge on any atom is 0.292 e. The smallest absolute Gasteiger partial charge is 0.292 e. The number of hydrogen-bond acceptors (Lipinski definition) is 5. The Kier molecular flexibility index (Phi) is 5.26. The van der Waals surface area contributed by atoms with Crippen LogP contribution in [0.4, 0.5) is 4.39 Å². The number of amides is 1. The Bertz CT molecular complexity index is 874. The highest BCUT2D eigenvalue weighted by molar-refractivity contribution is 5.90. The summed E-state index contributed by atoms with van der Waals surface area (Å²) in [5, 5.41) is 6.39. The van der Waals surface area contributed by atoms with E-state index in [4.69, 9.17) is 9.26 Å². The van der Waals surface area contributed by atoms with Gasteiger partial charge in [0.05, 0.1) is 6.10 Å². The Hall–Kier alpha value is -3.22.